The Balaban J connectivity index is 4.39. The highest BCUT2D eigenvalue weighted by Crippen LogP contribution is 2.09. The quantitative estimate of drug-likeness (QED) is 0.652. The van der Waals surface area contributed by atoms with Gasteiger partial charge in [-0.15, -0.1) is 6.58 Å². The van der Waals surface area contributed by atoms with Crippen molar-refractivity contribution in [3.8, 4) is 0 Å². The molecule has 0 spiro atoms. The van der Waals surface area contributed by atoms with Crippen LogP contribution in [0.15, 0.2) is 12.7 Å². The van der Waals surface area contributed by atoms with E-state index >= 15 is 0 Å². The molecule has 0 aromatic carbocycles. The summed E-state index contributed by atoms with van der Waals surface area (Å²) < 4.78 is 0. The lowest BCUT2D eigenvalue weighted by molar-refractivity contribution is -0.145. The van der Waals surface area contributed by atoms with Crippen LogP contribution in [-0.4, -0.2) is 35.0 Å². The third kappa shape index (κ3) is 5.20. The smallest absolute Gasteiger partial charge is 0.323 e. The monoisotopic (exact) mass is 213 g/mol. The number of carboxylic acid groups (broad SMARTS) is 1. The van der Waals surface area contributed by atoms with Gasteiger partial charge in [-0.3, -0.25) is 9.59 Å². The standard InChI is InChI=1S/C11H19NO3/c1-4-6-9(3)11(15)12(7-5-2)8-10(13)14/h5,9H,2,4,6-8H2,1,3H3,(H,13,14). The molecule has 0 saturated carbocycles. The molecule has 1 amide bonds. The number of carbonyl (C=O) groups is 2. The first-order valence-electron chi connectivity index (χ1n) is 5.14. The summed E-state index contributed by atoms with van der Waals surface area (Å²) in [4.78, 5) is 23.6. The number of aliphatic carboxylic acids is 1. The van der Waals surface area contributed by atoms with Gasteiger partial charge in [0.05, 0.1) is 0 Å². The second kappa shape index (κ2) is 7.04. The van der Waals surface area contributed by atoms with E-state index in [2.05, 4.69) is 6.58 Å². The molecule has 0 aromatic rings. The zero-order chi connectivity index (χ0) is 11.8. The third-order valence-electron chi connectivity index (χ3n) is 2.13. The molecule has 1 atom stereocenters. The Morgan fingerprint density at radius 2 is 2.13 bits per heavy atom. The number of rotatable bonds is 7. The predicted octanol–water partition coefficient (Wildman–Crippen LogP) is 1.52. The SMILES string of the molecule is C=CCN(CC(=O)O)C(=O)C(C)CCC. The van der Waals surface area contributed by atoms with Gasteiger partial charge < -0.3 is 10.0 Å². The van der Waals surface area contributed by atoms with Crippen LogP contribution in [0.3, 0.4) is 0 Å². The molecule has 0 aliphatic heterocycles. The molecule has 4 nitrogen and oxygen atoms in total. The molecule has 0 saturated heterocycles. The van der Waals surface area contributed by atoms with Crippen molar-refractivity contribution in [2.75, 3.05) is 13.1 Å². The average Bonchev–Trinajstić information content (AvgIpc) is 2.16. The minimum absolute atomic E-state index is 0.112. The summed E-state index contributed by atoms with van der Waals surface area (Å²) >= 11 is 0. The Bertz CT molecular complexity index is 238. The van der Waals surface area contributed by atoms with E-state index < -0.39 is 5.97 Å². The number of amides is 1. The summed E-state index contributed by atoms with van der Waals surface area (Å²) in [5.41, 5.74) is 0. The van der Waals surface area contributed by atoms with Crippen molar-refractivity contribution in [2.45, 2.75) is 26.7 Å². The van der Waals surface area contributed by atoms with Crippen molar-refractivity contribution in [3.05, 3.63) is 12.7 Å². The van der Waals surface area contributed by atoms with E-state index in [1.54, 1.807) is 6.08 Å². The summed E-state index contributed by atoms with van der Waals surface area (Å²) in [6.45, 7) is 7.37. The van der Waals surface area contributed by atoms with Crippen molar-refractivity contribution >= 4 is 11.9 Å². The van der Waals surface area contributed by atoms with Gasteiger partial charge in [-0.25, -0.2) is 0 Å². The van der Waals surface area contributed by atoms with Crippen LogP contribution in [0, 0.1) is 5.92 Å². The van der Waals surface area contributed by atoms with E-state index in [0.29, 0.717) is 6.54 Å². The number of nitrogens with zero attached hydrogens (tertiary/aromatic N) is 1. The lowest BCUT2D eigenvalue weighted by Gasteiger charge is -2.22. The fraction of sp³-hybridized carbons (Fsp3) is 0.636. The molecule has 0 fully saturated rings. The van der Waals surface area contributed by atoms with E-state index in [1.165, 1.54) is 4.90 Å². The molecule has 0 radical (unpaired) electrons. The van der Waals surface area contributed by atoms with Gasteiger partial charge in [-0.1, -0.05) is 26.3 Å². The average molecular weight is 213 g/mol. The van der Waals surface area contributed by atoms with E-state index in [-0.39, 0.29) is 18.4 Å². The van der Waals surface area contributed by atoms with Crippen LogP contribution in [0.5, 0.6) is 0 Å². The lowest BCUT2D eigenvalue weighted by atomic mass is 10.0. The normalized spacial score (nSPS) is 11.9. The maximum atomic E-state index is 11.8. The molecule has 4 heteroatoms. The van der Waals surface area contributed by atoms with Crippen LogP contribution < -0.4 is 0 Å². The highest BCUT2D eigenvalue weighted by Gasteiger charge is 2.20. The maximum Gasteiger partial charge on any atom is 0.323 e. The fourth-order valence-electron chi connectivity index (χ4n) is 1.42. The van der Waals surface area contributed by atoms with Gasteiger partial charge in [-0.2, -0.15) is 0 Å². The summed E-state index contributed by atoms with van der Waals surface area (Å²) in [6.07, 6.45) is 3.24. The van der Waals surface area contributed by atoms with Crippen molar-refractivity contribution in [1.82, 2.24) is 4.90 Å². The molecule has 15 heavy (non-hydrogen) atoms. The molecule has 0 aliphatic rings. The third-order valence-corrected chi connectivity index (χ3v) is 2.13. The second-order valence-electron chi connectivity index (χ2n) is 3.59. The van der Waals surface area contributed by atoms with Crippen molar-refractivity contribution in [3.63, 3.8) is 0 Å². The molecular weight excluding hydrogens is 194 g/mol. The molecule has 0 bridgehead atoms. The van der Waals surface area contributed by atoms with Gasteiger partial charge in [0.15, 0.2) is 0 Å². The van der Waals surface area contributed by atoms with Gasteiger partial charge >= 0.3 is 5.97 Å². The highest BCUT2D eigenvalue weighted by molar-refractivity contribution is 5.82. The Hall–Kier alpha value is -1.32. The predicted molar refractivity (Wildman–Crippen MR) is 58.5 cm³/mol. The van der Waals surface area contributed by atoms with Crippen molar-refractivity contribution in [1.29, 1.82) is 0 Å². The van der Waals surface area contributed by atoms with Gasteiger partial charge in [0.2, 0.25) is 5.91 Å². The van der Waals surface area contributed by atoms with E-state index in [1.807, 2.05) is 13.8 Å². The van der Waals surface area contributed by atoms with Crippen LogP contribution in [-0.2, 0) is 9.59 Å². The molecule has 0 heterocycles. The molecule has 1 N–H and O–H groups in total. The first kappa shape index (κ1) is 13.7. The Morgan fingerprint density at radius 1 is 1.53 bits per heavy atom. The maximum absolute atomic E-state index is 11.8. The molecule has 0 aliphatic carbocycles. The van der Waals surface area contributed by atoms with Crippen LogP contribution in [0.2, 0.25) is 0 Å². The van der Waals surface area contributed by atoms with Crippen LogP contribution in [0.1, 0.15) is 26.7 Å². The Kier molecular flexibility index (Phi) is 6.42. The minimum atomic E-state index is -0.992. The first-order chi connectivity index (χ1) is 7.02. The summed E-state index contributed by atoms with van der Waals surface area (Å²) in [6, 6.07) is 0. The highest BCUT2D eigenvalue weighted by atomic mass is 16.4. The summed E-state index contributed by atoms with van der Waals surface area (Å²) in [5, 5.41) is 8.64. The van der Waals surface area contributed by atoms with Crippen molar-refractivity contribution in [2.24, 2.45) is 5.92 Å². The fourth-order valence-corrected chi connectivity index (χ4v) is 1.42. The van der Waals surface area contributed by atoms with E-state index in [4.69, 9.17) is 5.11 Å². The van der Waals surface area contributed by atoms with E-state index in [0.717, 1.165) is 12.8 Å². The topological polar surface area (TPSA) is 57.6 Å². The van der Waals surface area contributed by atoms with Crippen LogP contribution >= 0.6 is 0 Å². The van der Waals surface area contributed by atoms with Gasteiger partial charge in [-0.05, 0) is 6.42 Å². The summed E-state index contributed by atoms with van der Waals surface area (Å²) in [5.74, 6) is -1.22. The van der Waals surface area contributed by atoms with Gasteiger partial charge in [0, 0.05) is 12.5 Å². The molecule has 1 unspecified atom stereocenters. The second-order valence-corrected chi connectivity index (χ2v) is 3.59. The summed E-state index contributed by atoms with van der Waals surface area (Å²) in [7, 11) is 0. The zero-order valence-corrected chi connectivity index (χ0v) is 9.40. The number of hydrogen-bond acceptors (Lipinski definition) is 2. The zero-order valence-electron chi connectivity index (χ0n) is 9.40. The number of carboxylic acids is 1. The first-order valence-corrected chi connectivity index (χ1v) is 5.14. The van der Waals surface area contributed by atoms with Gasteiger partial charge in [0.1, 0.15) is 6.54 Å². The van der Waals surface area contributed by atoms with Crippen LogP contribution in [0.4, 0.5) is 0 Å². The van der Waals surface area contributed by atoms with E-state index in [9.17, 15) is 9.59 Å². The van der Waals surface area contributed by atoms with Crippen LogP contribution in [0.25, 0.3) is 0 Å². The molecule has 0 aromatic heterocycles. The van der Waals surface area contributed by atoms with Gasteiger partial charge in [0.25, 0.3) is 0 Å². The molecule has 0 rings (SSSR count). The number of hydrogen-bond donors (Lipinski definition) is 1. The Morgan fingerprint density at radius 3 is 2.53 bits per heavy atom. The lowest BCUT2D eigenvalue weighted by Crippen LogP contribution is -2.39. The molecular formula is C11H19NO3. The Labute approximate surface area is 90.6 Å². The molecule has 86 valence electrons. The number of carbonyl (C=O) groups excluding carboxylic acids is 1. The minimum Gasteiger partial charge on any atom is -0.480 e. The van der Waals surface area contributed by atoms with Crippen molar-refractivity contribution < 1.29 is 14.7 Å². The largest absolute Gasteiger partial charge is 0.480 e.